The fourth-order valence-electron chi connectivity index (χ4n) is 1.86. The summed E-state index contributed by atoms with van der Waals surface area (Å²) in [5, 5.41) is 4.71. The number of nitrogens with one attached hydrogen (secondary N) is 1. The van der Waals surface area contributed by atoms with Crippen molar-refractivity contribution in [3.8, 4) is 11.5 Å². The largest absolute Gasteiger partial charge is 0.497 e. The monoisotopic (exact) mass is 352 g/mol. The van der Waals surface area contributed by atoms with Crippen LogP contribution in [0.3, 0.4) is 0 Å². The van der Waals surface area contributed by atoms with Crippen LogP contribution >= 0.6 is 23.2 Å². The number of carbonyl (C=O) groups excluding carboxylic acids is 1. The number of hydrogen-bond donors (Lipinski definition) is 1. The van der Waals surface area contributed by atoms with Gasteiger partial charge in [0, 0.05) is 16.1 Å². The van der Waals surface area contributed by atoms with E-state index < -0.39 is 0 Å². The van der Waals surface area contributed by atoms with Gasteiger partial charge in [0.05, 0.1) is 25.5 Å². The molecule has 0 heterocycles. The van der Waals surface area contributed by atoms with E-state index in [4.69, 9.17) is 32.7 Å². The molecule has 0 aliphatic rings. The normalized spacial score (nSPS) is 10.6. The summed E-state index contributed by atoms with van der Waals surface area (Å²) in [6, 6.07) is 9.86. The molecule has 1 N–H and O–H groups in total. The number of hydrogen-bond acceptors (Lipinski definition) is 4. The summed E-state index contributed by atoms with van der Waals surface area (Å²) in [5.74, 6) is 0.748. The number of amides is 1. The zero-order chi connectivity index (χ0) is 16.8. The van der Waals surface area contributed by atoms with E-state index in [-0.39, 0.29) is 5.91 Å². The molecule has 23 heavy (non-hydrogen) atoms. The Morgan fingerprint density at radius 2 is 1.83 bits per heavy atom. The van der Waals surface area contributed by atoms with Crippen LogP contribution in [0.4, 0.5) is 0 Å². The van der Waals surface area contributed by atoms with Gasteiger partial charge in [-0.3, -0.25) is 4.79 Å². The first-order valence-electron chi connectivity index (χ1n) is 6.55. The molecule has 2 rings (SSSR count). The summed E-state index contributed by atoms with van der Waals surface area (Å²) in [4.78, 5) is 12.0. The van der Waals surface area contributed by atoms with E-state index in [1.165, 1.54) is 13.3 Å². The van der Waals surface area contributed by atoms with E-state index in [1.54, 1.807) is 43.5 Å². The summed E-state index contributed by atoms with van der Waals surface area (Å²) >= 11 is 12.0. The maximum Gasteiger partial charge on any atom is 0.271 e. The Bertz CT molecular complexity index is 731. The summed E-state index contributed by atoms with van der Waals surface area (Å²) in [6.45, 7) is 0. The Labute approximate surface area is 143 Å². The average Bonchev–Trinajstić information content (AvgIpc) is 2.54. The molecule has 0 unspecified atom stereocenters. The molecule has 120 valence electrons. The molecule has 0 saturated carbocycles. The van der Waals surface area contributed by atoms with Crippen LogP contribution in [-0.4, -0.2) is 26.3 Å². The number of halogens is 2. The van der Waals surface area contributed by atoms with Crippen molar-refractivity contribution in [2.24, 2.45) is 5.10 Å². The van der Waals surface area contributed by atoms with Gasteiger partial charge in [-0.1, -0.05) is 23.2 Å². The third-order valence-electron chi connectivity index (χ3n) is 2.96. The van der Waals surface area contributed by atoms with E-state index in [0.29, 0.717) is 32.7 Å². The van der Waals surface area contributed by atoms with Crippen molar-refractivity contribution in [1.29, 1.82) is 0 Å². The lowest BCUT2D eigenvalue weighted by Gasteiger charge is -2.07. The first kappa shape index (κ1) is 17.1. The molecule has 0 bridgehead atoms. The van der Waals surface area contributed by atoms with Gasteiger partial charge in [0.15, 0.2) is 0 Å². The predicted octanol–water partition coefficient (Wildman–Crippen LogP) is 3.77. The fraction of sp³-hybridized carbons (Fsp3) is 0.125. The van der Waals surface area contributed by atoms with Crippen LogP contribution in [0.15, 0.2) is 41.5 Å². The predicted molar refractivity (Wildman–Crippen MR) is 91.1 cm³/mol. The van der Waals surface area contributed by atoms with Crippen molar-refractivity contribution in [2.75, 3.05) is 14.2 Å². The van der Waals surface area contributed by atoms with E-state index in [0.717, 1.165) is 0 Å². The number of benzene rings is 2. The quantitative estimate of drug-likeness (QED) is 0.658. The number of hydrazone groups is 1. The minimum absolute atomic E-state index is 0.351. The number of nitrogens with zero attached hydrogens (tertiary/aromatic N) is 1. The van der Waals surface area contributed by atoms with Gasteiger partial charge in [-0.25, -0.2) is 5.43 Å². The lowest BCUT2D eigenvalue weighted by atomic mass is 10.2. The van der Waals surface area contributed by atoms with Crippen LogP contribution in [-0.2, 0) is 0 Å². The summed E-state index contributed by atoms with van der Waals surface area (Å²) < 4.78 is 10.2. The number of rotatable bonds is 5. The minimum Gasteiger partial charge on any atom is -0.497 e. The van der Waals surface area contributed by atoms with Crippen LogP contribution in [0, 0.1) is 0 Å². The van der Waals surface area contributed by atoms with Crippen molar-refractivity contribution in [3.63, 3.8) is 0 Å². The third-order valence-corrected chi connectivity index (χ3v) is 3.46. The van der Waals surface area contributed by atoms with Gasteiger partial charge >= 0.3 is 0 Å². The second-order valence-electron chi connectivity index (χ2n) is 4.44. The molecule has 0 aliphatic carbocycles. The van der Waals surface area contributed by atoms with Crippen molar-refractivity contribution in [2.45, 2.75) is 0 Å². The standard InChI is InChI=1S/C16H14Cl2N2O3/c1-22-13-5-3-10(4-6-13)16(21)20-19-9-11-7-12(17)8-14(18)15(11)23-2/h3-9H,1-2H3,(H,20,21)/b19-9+. The van der Waals surface area contributed by atoms with Crippen molar-refractivity contribution >= 4 is 35.3 Å². The second kappa shape index (κ2) is 7.85. The molecular weight excluding hydrogens is 339 g/mol. The Hall–Kier alpha value is -2.24. The molecule has 1 amide bonds. The molecule has 5 nitrogen and oxygen atoms in total. The highest BCUT2D eigenvalue weighted by Crippen LogP contribution is 2.31. The molecule has 2 aromatic carbocycles. The van der Waals surface area contributed by atoms with Crippen LogP contribution in [0.1, 0.15) is 15.9 Å². The van der Waals surface area contributed by atoms with Gasteiger partial charge < -0.3 is 9.47 Å². The molecule has 0 saturated heterocycles. The zero-order valence-electron chi connectivity index (χ0n) is 12.5. The van der Waals surface area contributed by atoms with Gasteiger partial charge in [-0.05, 0) is 36.4 Å². The van der Waals surface area contributed by atoms with Crippen LogP contribution < -0.4 is 14.9 Å². The molecule has 0 aromatic heterocycles. The van der Waals surface area contributed by atoms with Gasteiger partial charge in [0.2, 0.25) is 0 Å². The zero-order valence-corrected chi connectivity index (χ0v) is 14.0. The number of methoxy groups -OCH3 is 2. The smallest absolute Gasteiger partial charge is 0.271 e. The summed E-state index contributed by atoms with van der Waals surface area (Å²) in [7, 11) is 3.05. The summed E-state index contributed by atoms with van der Waals surface area (Å²) in [6.07, 6.45) is 1.41. The van der Waals surface area contributed by atoms with E-state index in [9.17, 15) is 4.79 Å². The molecule has 0 atom stereocenters. The first-order valence-corrected chi connectivity index (χ1v) is 7.31. The maximum absolute atomic E-state index is 12.0. The van der Waals surface area contributed by atoms with Crippen molar-refractivity contribution in [1.82, 2.24) is 5.43 Å². The van der Waals surface area contributed by atoms with E-state index >= 15 is 0 Å². The SMILES string of the molecule is COc1ccc(C(=O)N/N=C/c2cc(Cl)cc(Cl)c2OC)cc1. The van der Waals surface area contributed by atoms with Gasteiger partial charge in [-0.15, -0.1) is 0 Å². The molecule has 0 fully saturated rings. The molecular formula is C16H14Cl2N2O3. The third kappa shape index (κ3) is 4.37. The lowest BCUT2D eigenvalue weighted by Crippen LogP contribution is -2.17. The highest BCUT2D eigenvalue weighted by Gasteiger charge is 2.08. The Balaban J connectivity index is 2.10. The van der Waals surface area contributed by atoms with Gasteiger partial charge in [-0.2, -0.15) is 5.10 Å². The number of ether oxygens (including phenoxy) is 2. The maximum atomic E-state index is 12.0. The topological polar surface area (TPSA) is 59.9 Å². The van der Waals surface area contributed by atoms with Crippen molar-refractivity contribution in [3.05, 3.63) is 57.6 Å². The van der Waals surface area contributed by atoms with E-state index in [2.05, 4.69) is 10.5 Å². The average molecular weight is 353 g/mol. The second-order valence-corrected chi connectivity index (χ2v) is 5.28. The molecule has 2 aromatic rings. The first-order chi connectivity index (χ1) is 11.0. The number of carbonyl (C=O) groups is 1. The van der Waals surface area contributed by atoms with Crippen LogP contribution in [0.5, 0.6) is 11.5 Å². The lowest BCUT2D eigenvalue weighted by molar-refractivity contribution is 0.0955. The van der Waals surface area contributed by atoms with Crippen molar-refractivity contribution < 1.29 is 14.3 Å². The molecule has 0 aliphatic heterocycles. The van der Waals surface area contributed by atoms with Gasteiger partial charge in [0.1, 0.15) is 11.5 Å². The summed E-state index contributed by atoms with van der Waals surface area (Å²) in [5.41, 5.74) is 3.44. The van der Waals surface area contributed by atoms with Gasteiger partial charge in [0.25, 0.3) is 5.91 Å². The van der Waals surface area contributed by atoms with Crippen LogP contribution in [0.25, 0.3) is 0 Å². The Morgan fingerprint density at radius 3 is 2.43 bits per heavy atom. The highest BCUT2D eigenvalue weighted by atomic mass is 35.5. The minimum atomic E-state index is -0.351. The molecule has 7 heteroatoms. The molecule has 0 spiro atoms. The fourth-order valence-corrected chi connectivity index (χ4v) is 2.45. The Kier molecular flexibility index (Phi) is 5.84. The van der Waals surface area contributed by atoms with E-state index in [1.807, 2.05) is 0 Å². The van der Waals surface area contributed by atoms with Crippen LogP contribution in [0.2, 0.25) is 10.0 Å². The Morgan fingerprint density at radius 1 is 1.13 bits per heavy atom. The highest BCUT2D eigenvalue weighted by molar-refractivity contribution is 6.36. The molecule has 0 radical (unpaired) electrons.